The van der Waals surface area contributed by atoms with Gasteiger partial charge in [-0.15, -0.1) is 0 Å². The van der Waals surface area contributed by atoms with Crippen molar-refractivity contribution in [2.75, 3.05) is 20.1 Å². The van der Waals surface area contributed by atoms with Crippen LogP contribution in [0.4, 0.5) is 4.39 Å². The highest BCUT2D eigenvalue weighted by Gasteiger charge is 2.32. The van der Waals surface area contributed by atoms with Crippen molar-refractivity contribution in [3.05, 3.63) is 0 Å². The third-order valence-corrected chi connectivity index (χ3v) is 3.21. The van der Waals surface area contributed by atoms with Gasteiger partial charge >= 0.3 is 0 Å². The van der Waals surface area contributed by atoms with Crippen LogP contribution in [0.1, 0.15) is 68.2 Å². The van der Waals surface area contributed by atoms with Crippen LogP contribution in [0, 0.1) is 10.8 Å². The molecule has 0 aliphatic carbocycles. The standard InChI is InChI=1S/C17H36FNO/c1-14(2,10-16(5,6)18)12-19(9)13-15(3,4)11-17(7,8)20/h20H,10-13H2,1-9H3. The van der Waals surface area contributed by atoms with Crippen molar-refractivity contribution in [2.45, 2.75) is 79.5 Å². The Morgan fingerprint density at radius 1 is 0.800 bits per heavy atom. The van der Waals surface area contributed by atoms with Crippen LogP contribution in [-0.2, 0) is 0 Å². The number of nitrogens with zero attached hydrogens (tertiary/aromatic N) is 1. The molecule has 0 aromatic heterocycles. The molecule has 122 valence electrons. The van der Waals surface area contributed by atoms with E-state index in [2.05, 4.69) is 39.6 Å². The summed E-state index contributed by atoms with van der Waals surface area (Å²) in [6.45, 7) is 17.3. The van der Waals surface area contributed by atoms with Crippen LogP contribution >= 0.6 is 0 Å². The largest absolute Gasteiger partial charge is 0.390 e. The number of rotatable bonds is 8. The summed E-state index contributed by atoms with van der Waals surface area (Å²) in [6.07, 6.45) is 1.30. The molecule has 0 saturated heterocycles. The summed E-state index contributed by atoms with van der Waals surface area (Å²) in [5.41, 5.74) is -1.81. The highest BCUT2D eigenvalue weighted by Crippen LogP contribution is 2.33. The van der Waals surface area contributed by atoms with Crippen LogP contribution in [0.5, 0.6) is 0 Å². The molecule has 0 aromatic carbocycles. The minimum Gasteiger partial charge on any atom is -0.390 e. The van der Waals surface area contributed by atoms with E-state index in [1.165, 1.54) is 0 Å². The van der Waals surface area contributed by atoms with Crippen LogP contribution in [0.15, 0.2) is 0 Å². The summed E-state index contributed by atoms with van der Waals surface area (Å²) in [5, 5.41) is 9.98. The third-order valence-electron chi connectivity index (χ3n) is 3.21. The van der Waals surface area contributed by atoms with E-state index in [-0.39, 0.29) is 10.8 Å². The first-order valence-electron chi connectivity index (χ1n) is 7.61. The molecule has 0 spiro atoms. The van der Waals surface area contributed by atoms with Crippen molar-refractivity contribution < 1.29 is 9.50 Å². The predicted octanol–water partition coefficient (Wildman–Crippen LogP) is 4.27. The molecule has 0 fully saturated rings. The molecule has 0 amide bonds. The van der Waals surface area contributed by atoms with Crippen LogP contribution in [0.3, 0.4) is 0 Å². The second kappa shape index (κ2) is 6.31. The lowest BCUT2D eigenvalue weighted by atomic mass is 9.79. The molecule has 1 N–H and O–H groups in total. The molecule has 20 heavy (non-hydrogen) atoms. The van der Waals surface area contributed by atoms with Crippen molar-refractivity contribution in [3.8, 4) is 0 Å². The molecule has 0 aliphatic rings. The van der Waals surface area contributed by atoms with Crippen LogP contribution < -0.4 is 0 Å². The minimum atomic E-state index is -1.13. The highest BCUT2D eigenvalue weighted by atomic mass is 19.1. The Hall–Kier alpha value is -0.150. The van der Waals surface area contributed by atoms with Gasteiger partial charge in [0.1, 0.15) is 5.67 Å². The fraction of sp³-hybridized carbons (Fsp3) is 1.00. The molecule has 2 nitrogen and oxygen atoms in total. The van der Waals surface area contributed by atoms with Gasteiger partial charge in [-0.1, -0.05) is 27.7 Å². The smallest absolute Gasteiger partial charge is 0.106 e. The van der Waals surface area contributed by atoms with E-state index in [4.69, 9.17) is 0 Å². The Balaban J connectivity index is 4.52. The molecule has 0 aromatic rings. The lowest BCUT2D eigenvalue weighted by Crippen LogP contribution is -2.42. The molecule has 3 heteroatoms. The van der Waals surface area contributed by atoms with E-state index >= 15 is 0 Å². The highest BCUT2D eigenvalue weighted by molar-refractivity contribution is 4.85. The van der Waals surface area contributed by atoms with Crippen LogP contribution in [0.2, 0.25) is 0 Å². The molecule has 0 saturated carbocycles. The van der Waals surface area contributed by atoms with Crippen molar-refractivity contribution in [2.24, 2.45) is 10.8 Å². The van der Waals surface area contributed by atoms with Gasteiger partial charge in [-0.3, -0.25) is 0 Å². The first kappa shape index (κ1) is 19.9. The average Bonchev–Trinajstić information content (AvgIpc) is 1.86. The first-order valence-corrected chi connectivity index (χ1v) is 7.61. The van der Waals surface area contributed by atoms with Crippen molar-refractivity contribution in [1.82, 2.24) is 4.90 Å². The van der Waals surface area contributed by atoms with Gasteiger partial charge in [0.2, 0.25) is 0 Å². The monoisotopic (exact) mass is 289 g/mol. The van der Waals surface area contributed by atoms with E-state index in [1.807, 2.05) is 13.8 Å². The molecule has 0 rings (SSSR count). The Bertz CT molecular complexity index is 267. The fourth-order valence-electron chi connectivity index (χ4n) is 3.94. The van der Waals surface area contributed by atoms with Gasteiger partial charge in [0, 0.05) is 13.1 Å². The molecule has 0 radical (unpaired) electrons. The van der Waals surface area contributed by atoms with Gasteiger partial charge < -0.3 is 10.0 Å². The average molecular weight is 289 g/mol. The molecular weight excluding hydrogens is 253 g/mol. The molecule has 0 aliphatic heterocycles. The van der Waals surface area contributed by atoms with E-state index in [9.17, 15) is 9.50 Å². The maximum absolute atomic E-state index is 13.8. The zero-order valence-electron chi connectivity index (χ0n) is 15.1. The second-order valence-electron chi connectivity index (χ2n) is 9.39. The summed E-state index contributed by atoms with van der Waals surface area (Å²) >= 11 is 0. The second-order valence-corrected chi connectivity index (χ2v) is 9.39. The molecule has 0 heterocycles. The van der Waals surface area contributed by atoms with E-state index in [1.54, 1.807) is 13.8 Å². The van der Waals surface area contributed by atoms with Crippen LogP contribution in [0.25, 0.3) is 0 Å². The lowest BCUT2D eigenvalue weighted by Gasteiger charge is -2.39. The number of hydrogen-bond donors (Lipinski definition) is 1. The van der Waals surface area contributed by atoms with E-state index in [0.717, 1.165) is 19.5 Å². The van der Waals surface area contributed by atoms with Gasteiger partial charge in [0.25, 0.3) is 0 Å². The Kier molecular flexibility index (Phi) is 6.26. The summed E-state index contributed by atoms with van der Waals surface area (Å²) in [7, 11) is 2.08. The van der Waals surface area contributed by atoms with E-state index in [0.29, 0.717) is 6.42 Å². The summed E-state index contributed by atoms with van der Waals surface area (Å²) in [5.74, 6) is 0. The normalized spacial score (nSPS) is 15.0. The number of hydrogen-bond acceptors (Lipinski definition) is 2. The fourth-order valence-corrected chi connectivity index (χ4v) is 3.94. The maximum Gasteiger partial charge on any atom is 0.106 e. The molecule has 0 unspecified atom stereocenters. The zero-order valence-corrected chi connectivity index (χ0v) is 15.1. The summed E-state index contributed by atoms with van der Waals surface area (Å²) in [4.78, 5) is 2.26. The number of alkyl halides is 1. The quantitative estimate of drug-likeness (QED) is 0.721. The minimum absolute atomic E-state index is 0.0360. The van der Waals surface area contributed by atoms with Gasteiger partial charge in [-0.2, -0.15) is 0 Å². The van der Waals surface area contributed by atoms with Crippen molar-refractivity contribution >= 4 is 0 Å². The number of halogens is 1. The Morgan fingerprint density at radius 2 is 1.15 bits per heavy atom. The van der Waals surface area contributed by atoms with E-state index < -0.39 is 11.3 Å². The van der Waals surface area contributed by atoms with Gasteiger partial charge in [0.05, 0.1) is 5.60 Å². The third kappa shape index (κ3) is 10.6. The topological polar surface area (TPSA) is 23.5 Å². The molecule has 0 atom stereocenters. The van der Waals surface area contributed by atoms with Crippen molar-refractivity contribution in [3.63, 3.8) is 0 Å². The van der Waals surface area contributed by atoms with Gasteiger partial charge in [0.15, 0.2) is 0 Å². The SMILES string of the molecule is CN(CC(C)(C)CC(C)(C)O)CC(C)(C)CC(C)(C)F. The van der Waals surface area contributed by atoms with Gasteiger partial charge in [-0.25, -0.2) is 4.39 Å². The molecular formula is C17H36FNO. The Morgan fingerprint density at radius 3 is 1.45 bits per heavy atom. The zero-order chi connectivity index (χ0) is 16.4. The van der Waals surface area contributed by atoms with Crippen LogP contribution in [-0.4, -0.2) is 41.4 Å². The maximum atomic E-state index is 13.8. The van der Waals surface area contributed by atoms with Crippen molar-refractivity contribution in [1.29, 1.82) is 0 Å². The number of aliphatic hydroxyl groups is 1. The first-order chi connectivity index (χ1) is 8.52. The lowest BCUT2D eigenvalue weighted by molar-refractivity contribution is 0.0159. The summed E-state index contributed by atoms with van der Waals surface area (Å²) in [6, 6.07) is 0. The predicted molar refractivity (Wildman–Crippen MR) is 85.8 cm³/mol. The van der Waals surface area contributed by atoms with Gasteiger partial charge in [-0.05, 0) is 58.4 Å². The summed E-state index contributed by atoms with van der Waals surface area (Å²) < 4.78 is 13.8. The molecule has 0 bridgehead atoms. The Labute approximate surface area is 125 Å².